The topological polar surface area (TPSA) is 46.3 Å². The highest BCUT2D eigenvalue weighted by atomic mass is 32.2. The van der Waals surface area contributed by atoms with E-state index in [2.05, 4.69) is 31.2 Å². The van der Waals surface area contributed by atoms with Crippen LogP contribution in [0.4, 0.5) is 0 Å². The standard InChI is InChI=1S/C14H20N2OS/c1-3-18-12-6-4-11(5-7-12)10-16(2)13(17)14(15)8-9-14/h4-7H,3,8-10,15H2,1-2H3. The Hall–Kier alpha value is -1.00. The summed E-state index contributed by atoms with van der Waals surface area (Å²) in [7, 11) is 1.82. The average molecular weight is 264 g/mol. The number of benzene rings is 1. The molecule has 0 spiro atoms. The van der Waals surface area contributed by atoms with E-state index in [9.17, 15) is 4.79 Å². The normalized spacial score (nSPS) is 16.4. The summed E-state index contributed by atoms with van der Waals surface area (Å²) in [6, 6.07) is 8.38. The van der Waals surface area contributed by atoms with Gasteiger partial charge < -0.3 is 10.6 Å². The largest absolute Gasteiger partial charge is 0.340 e. The molecule has 0 saturated heterocycles. The summed E-state index contributed by atoms with van der Waals surface area (Å²) >= 11 is 1.82. The molecule has 1 aromatic rings. The molecular formula is C14H20N2OS. The molecule has 1 aliphatic carbocycles. The van der Waals surface area contributed by atoms with Gasteiger partial charge in [-0.3, -0.25) is 4.79 Å². The summed E-state index contributed by atoms with van der Waals surface area (Å²) in [5.74, 6) is 1.14. The average Bonchev–Trinajstić information content (AvgIpc) is 3.10. The molecule has 0 heterocycles. The van der Waals surface area contributed by atoms with Crippen molar-refractivity contribution >= 4 is 17.7 Å². The van der Waals surface area contributed by atoms with Gasteiger partial charge in [0, 0.05) is 18.5 Å². The number of amides is 1. The number of hydrogen-bond donors (Lipinski definition) is 1. The quantitative estimate of drug-likeness (QED) is 0.830. The van der Waals surface area contributed by atoms with Gasteiger partial charge >= 0.3 is 0 Å². The first-order valence-electron chi connectivity index (χ1n) is 6.31. The molecule has 0 atom stereocenters. The van der Waals surface area contributed by atoms with Crippen LogP contribution in [0.5, 0.6) is 0 Å². The molecule has 1 aliphatic rings. The lowest BCUT2D eigenvalue weighted by Crippen LogP contribution is -2.43. The van der Waals surface area contributed by atoms with Crippen LogP contribution >= 0.6 is 11.8 Å². The van der Waals surface area contributed by atoms with Crippen LogP contribution in [0.2, 0.25) is 0 Å². The van der Waals surface area contributed by atoms with Crippen molar-refractivity contribution in [3.05, 3.63) is 29.8 Å². The molecule has 4 heteroatoms. The Bertz CT molecular complexity index is 426. The third-order valence-electron chi connectivity index (χ3n) is 3.22. The molecule has 3 nitrogen and oxygen atoms in total. The fourth-order valence-electron chi connectivity index (χ4n) is 1.93. The first-order valence-corrected chi connectivity index (χ1v) is 7.30. The molecule has 0 aliphatic heterocycles. The summed E-state index contributed by atoms with van der Waals surface area (Å²) < 4.78 is 0. The molecule has 0 bridgehead atoms. The minimum atomic E-state index is -0.563. The Morgan fingerprint density at radius 3 is 2.50 bits per heavy atom. The van der Waals surface area contributed by atoms with Gasteiger partial charge in [-0.1, -0.05) is 19.1 Å². The third-order valence-corrected chi connectivity index (χ3v) is 4.11. The summed E-state index contributed by atoms with van der Waals surface area (Å²) in [6.07, 6.45) is 1.64. The van der Waals surface area contributed by atoms with E-state index in [4.69, 9.17) is 5.73 Å². The summed E-state index contributed by atoms with van der Waals surface area (Å²) in [4.78, 5) is 15.0. The molecule has 1 saturated carbocycles. The highest BCUT2D eigenvalue weighted by Gasteiger charge is 2.47. The zero-order chi connectivity index (χ0) is 13.2. The van der Waals surface area contributed by atoms with Crippen LogP contribution in [0.3, 0.4) is 0 Å². The van der Waals surface area contributed by atoms with E-state index in [1.165, 1.54) is 4.90 Å². The third kappa shape index (κ3) is 3.06. The highest BCUT2D eigenvalue weighted by Crippen LogP contribution is 2.34. The van der Waals surface area contributed by atoms with Crippen molar-refractivity contribution < 1.29 is 4.79 Å². The van der Waals surface area contributed by atoms with Gasteiger partial charge in [-0.05, 0) is 36.3 Å². The molecule has 1 amide bonds. The van der Waals surface area contributed by atoms with E-state index in [0.717, 1.165) is 24.2 Å². The molecule has 1 fully saturated rings. The Balaban J connectivity index is 1.94. The van der Waals surface area contributed by atoms with Crippen LogP contribution in [0, 0.1) is 0 Å². The molecule has 0 aromatic heterocycles. The number of nitrogens with two attached hydrogens (primary N) is 1. The molecule has 2 N–H and O–H groups in total. The Kier molecular flexibility index (Phi) is 3.97. The van der Waals surface area contributed by atoms with Crippen LogP contribution in [0.15, 0.2) is 29.2 Å². The monoisotopic (exact) mass is 264 g/mol. The van der Waals surface area contributed by atoms with E-state index < -0.39 is 5.54 Å². The maximum absolute atomic E-state index is 12.0. The van der Waals surface area contributed by atoms with Crippen molar-refractivity contribution in [2.45, 2.75) is 36.7 Å². The number of thioether (sulfide) groups is 1. The number of carbonyl (C=O) groups is 1. The van der Waals surface area contributed by atoms with Crippen LogP contribution in [0.25, 0.3) is 0 Å². The summed E-state index contributed by atoms with van der Waals surface area (Å²) in [5.41, 5.74) is 6.50. The van der Waals surface area contributed by atoms with Gasteiger partial charge in [0.15, 0.2) is 0 Å². The van der Waals surface area contributed by atoms with E-state index in [1.807, 2.05) is 18.8 Å². The van der Waals surface area contributed by atoms with Gasteiger partial charge in [-0.2, -0.15) is 0 Å². The van der Waals surface area contributed by atoms with Crippen LogP contribution in [0.1, 0.15) is 25.3 Å². The molecule has 0 unspecified atom stereocenters. The number of likely N-dealkylation sites (N-methyl/N-ethyl adjacent to an activating group) is 1. The van der Waals surface area contributed by atoms with Crippen molar-refractivity contribution in [2.75, 3.05) is 12.8 Å². The van der Waals surface area contributed by atoms with Crippen molar-refractivity contribution in [2.24, 2.45) is 5.73 Å². The molecular weight excluding hydrogens is 244 g/mol. The number of carbonyl (C=O) groups excluding carboxylic acids is 1. The van der Waals surface area contributed by atoms with Crippen LogP contribution < -0.4 is 5.73 Å². The Labute approximate surface area is 113 Å². The minimum Gasteiger partial charge on any atom is -0.340 e. The van der Waals surface area contributed by atoms with Crippen molar-refractivity contribution in [1.29, 1.82) is 0 Å². The Morgan fingerprint density at radius 1 is 1.39 bits per heavy atom. The maximum atomic E-state index is 12.0. The summed E-state index contributed by atoms with van der Waals surface area (Å²) in [6.45, 7) is 2.77. The molecule has 0 radical (unpaired) electrons. The highest BCUT2D eigenvalue weighted by molar-refractivity contribution is 7.99. The van der Waals surface area contributed by atoms with Crippen molar-refractivity contribution in [3.63, 3.8) is 0 Å². The van der Waals surface area contributed by atoms with Gasteiger partial charge in [0.25, 0.3) is 0 Å². The second-order valence-corrected chi connectivity index (χ2v) is 6.23. The molecule has 2 rings (SSSR count). The van der Waals surface area contributed by atoms with Crippen molar-refractivity contribution in [1.82, 2.24) is 4.90 Å². The second-order valence-electron chi connectivity index (χ2n) is 4.89. The fourth-order valence-corrected chi connectivity index (χ4v) is 2.59. The Morgan fingerprint density at radius 2 is 2.00 bits per heavy atom. The van der Waals surface area contributed by atoms with E-state index in [-0.39, 0.29) is 5.91 Å². The van der Waals surface area contributed by atoms with Gasteiger partial charge in [-0.25, -0.2) is 0 Å². The lowest BCUT2D eigenvalue weighted by Gasteiger charge is -2.21. The lowest BCUT2D eigenvalue weighted by molar-refractivity contribution is -0.132. The van der Waals surface area contributed by atoms with Gasteiger partial charge in [-0.15, -0.1) is 11.8 Å². The zero-order valence-electron chi connectivity index (χ0n) is 11.0. The number of rotatable bonds is 5. The predicted molar refractivity (Wildman–Crippen MR) is 75.5 cm³/mol. The molecule has 98 valence electrons. The van der Waals surface area contributed by atoms with E-state index in [1.54, 1.807) is 4.90 Å². The summed E-state index contributed by atoms with van der Waals surface area (Å²) in [5, 5.41) is 0. The smallest absolute Gasteiger partial charge is 0.242 e. The SMILES string of the molecule is CCSc1ccc(CN(C)C(=O)C2(N)CC2)cc1. The lowest BCUT2D eigenvalue weighted by atomic mass is 10.2. The number of nitrogens with zero attached hydrogens (tertiary/aromatic N) is 1. The number of hydrogen-bond acceptors (Lipinski definition) is 3. The van der Waals surface area contributed by atoms with Gasteiger partial charge in [0.05, 0.1) is 5.54 Å². The van der Waals surface area contributed by atoms with E-state index in [0.29, 0.717) is 6.54 Å². The second kappa shape index (κ2) is 5.33. The minimum absolute atomic E-state index is 0.0644. The van der Waals surface area contributed by atoms with Crippen LogP contribution in [-0.4, -0.2) is 29.1 Å². The maximum Gasteiger partial charge on any atom is 0.242 e. The molecule has 1 aromatic carbocycles. The van der Waals surface area contributed by atoms with Gasteiger partial charge in [0.2, 0.25) is 5.91 Å². The zero-order valence-corrected chi connectivity index (χ0v) is 11.8. The van der Waals surface area contributed by atoms with Crippen molar-refractivity contribution in [3.8, 4) is 0 Å². The fraction of sp³-hybridized carbons (Fsp3) is 0.500. The predicted octanol–water partition coefficient (Wildman–Crippen LogP) is 2.25. The van der Waals surface area contributed by atoms with Gasteiger partial charge in [0.1, 0.15) is 0 Å². The van der Waals surface area contributed by atoms with Crippen LogP contribution in [-0.2, 0) is 11.3 Å². The van der Waals surface area contributed by atoms with E-state index >= 15 is 0 Å². The first-order chi connectivity index (χ1) is 8.55. The first kappa shape index (κ1) is 13.4. The molecule has 18 heavy (non-hydrogen) atoms.